The Balaban J connectivity index is 2.43. The predicted molar refractivity (Wildman–Crippen MR) is 63.1 cm³/mol. The lowest BCUT2D eigenvalue weighted by Crippen LogP contribution is -2.18. The highest BCUT2D eigenvalue weighted by atomic mass is 35.5. The summed E-state index contributed by atoms with van der Waals surface area (Å²) in [5, 5.41) is 3.73. The van der Waals surface area contributed by atoms with Gasteiger partial charge in [0.25, 0.3) is 0 Å². The van der Waals surface area contributed by atoms with E-state index in [0.717, 1.165) is 17.3 Å². The summed E-state index contributed by atoms with van der Waals surface area (Å²) in [5.41, 5.74) is 0. The van der Waals surface area contributed by atoms with Gasteiger partial charge in [0.1, 0.15) is 17.3 Å². The zero-order valence-corrected chi connectivity index (χ0v) is 9.90. The van der Waals surface area contributed by atoms with Gasteiger partial charge < -0.3 is 5.32 Å². The Morgan fingerprint density at radius 2 is 2.36 bits per heavy atom. The van der Waals surface area contributed by atoms with Crippen LogP contribution in [0.1, 0.15) is 13.8 Å². The van der Waals surface area contributed by atoms with Crippen LogP contribution in [0.25, 0.3) is 0 Å². The zero-order chi connectivity index (χ0) is 10.4. The Labute approximate surface area is 93.7 Å². The molecule has 0 spiro atoms. The van der Waals surface area contributed by atoms with Gasteiger partial charge in [-0.1, -0.05) is 18.5 Å². The van der Waals surface area contributed by atoms with Crippen LogP contribution in [0, 0.1) is 0 Å². The number of halogens is 1. The van der Waals surface area contributed by atoms with Crippen LogP contribution in [0.15, 0.2) is 12.4 Å². The first-order valence-corrected chi connectivity index (χ1v) is 6.07. The highest BCUT2D eigenvalue weighted by Gasteiger charge is 2.02. The molecule has 0 aliphatic rings. The molecule has 0 bridgehead atoms. The smallest absolute Gasteiger partial charge is 0.134 e. The first-order chi connectivity index (χ1) is 6.72. The molecule has 0 aliphatic heterocycles. The molecule has 1 unspecified atom stereocenters. The summed E-state index contributed by atoms with van der Waals surface area (Å²) < 4.78 is 0. The van der Waals surface area contributed by atoms with Gasteiger partial charge in [-0.2, -0.15) is 11.8 Å². The lowest BCUT2D eigenvalue weighted by molar-refractivity contribution is 0.898. The van der Waals surface area contributed by atoms with Crippen LogP contribution >= 0.6 is 23.4 Å². The molecule has 0 saturated carbocycles. The van der Waals surface area contributed by atoms with E-state index >= 15 is 0 Å². The summed E-state index contributed by atoms with van der Waals surface area (Å²) in [7, 11) is 0. The van der Waals surface area contributed by atoms with Crippen molar-refractivity contribution in [2.24, 2.45) is 0 Å². The molecule has 1 heterocycles. The van der Waals surface area contributed by atoms with Crippen molar-refractivity contribution in [3.05, 3.63) is 17.5 Å². The first-order valence-electron chi connectivity index (χ1n) is 4.54. The molecule has 78 valence electrons. The van der Waals surface area contributed by atoms with Crippen LogP contribution < -0.4 is 5.32 Å². The van der Waals surface area contributed by atoms with E-state index in [2.05, 4.69) is 29.1 Å². The van der Waals surface area contributed by atoms with Gasteiger partial charge in [0.2, 0.25) is 0 Å². The molecule has 0 amide bonds. The normalized spacial score (nSPS) is 12.5. The SMILES string of the molecule is CCSCC(C)Nc1cc(Cl)ncn1. The van der Waals surface area contributed by atoms with Gasteiger partial charge in [-0.05, 0) is 12.7 Å². The van der Waals surface area contributed by atoms with Crippen molar-refractivity contribution in [3.8, 4) is 0 Å². The van der Waals surface area contributed by atoms with E-state index in [-0.39, 0.29) is 0 Å². The monoisotopic (exact) mass is 231 g/mol. The van der Waals surface area contributed by atoms with Gasteiger partial charge in [0, 0.05) is 17.9 Å². The summed E-state index contributed by atoms with van der Waals surface area (Å²) in [6.07, 6.45) is 1.46. The van der Waals surface area contributed by atoms with Crippen LogP contribution in [-0.2, 0) is 0 Å². The third-order valence-corrected chi connectivity index (χ3v) is 2.95. The van der Waals surface area contributed by atoms with Crippen LogP contribution in [0.5, 0.6) is 0 Å². The summed E-state index contributed by atoms with van der Waals surface area (Å²) in [5.74, 6) is 2.99. The Morgan fingerprint density at radius 1 is 1.57 bits per heavy atom. The number of anilines is 1. The van der Waals surface area contributed by atoms with Gasteiger partial charge >= 0.3 is 0 Å². The number of hydrogen-bond donors (Lipinski definition) is 1. The molecule has 1 N–H and O–H groups in total. The third kappa shape index (κ3) is 4.15. The van der Waals surface area contributed by atoms with Crippen LogP contribution in [-0.4, -0.2) is 27.5 Å². The molecule has 1 atom stereocenters. The Kier molecular flexibility index (Phi) is 5.04. The minimum Gasteiger partial charge on any atom is -0.367 e. The molecule has 0 aliphatic carbocycles. The maximum atomic E-state index is 5.74. The fraction of sp³-hybridized carbons (Fsp3) is 0.556. The molecule has 0 aromatic carbocycles. The van der Waals surface area contributed by atoms with Gasteiger partial charge in [-0.25, -0.2) is 9.97 Å². The largest absolute Gasteiger partial charge is 0.367 e. The van der Waals surface area contributed by atoms with E-state index < -0.39 is 0 Å². The lowest BCUT2D eigenvalue weighted by Gasteiger charge is -2.13. The maximum Gasteiger partial charge on any atom is 0.134 e. The quantitative estimate of drug-likeness (QED) is 0.791. The molecule has 14 heavy (non-hydrogen) atoms. The van der Waals surface area contributed by atoms with Gasteiger partial charge in [0.15, 0.2) is 0 Å². The minimum absolute atomic E-state index is 0.394. The summed E-state index contributed by atoms with van der Waals surface area (Å²) in [6, 6.07) is 2.13. The van der Waals surface area contributed by atoms with Crippen LogP contribution in [0.2, 0.25) is 5.15 Å². The second kappa shape index (κ2) is 6.09. The molecule has 5 heteroatoms. The van der Waals surface area contributed by atoms with Crippen molar-refractivity contribution in [2.45, 2.75) is 19.9 Å². The highest BCUT2D eigenvalue weighted by Crippen LogP contribution is 2.11. The van der Waals surface area contributed by atoms with E-state index in [1.165, 1.54) is 6.33 Å². The summed E-state index contributed by atoms with van der Waals surface area (Å²) in [4.78, 5) is 7.89. The summed E-state index contributed by atoms with van der Waals surface area (Å²) in [6.45, 7) is 4.28. The minimum atomic E-state index is 0.394. The Morgan fingerprint density at radius 3 is 3.00 bits per heavy atom. The topological polar surface area (TPSA) is 37.8 Å². The first kappa shape index (κ1) is 11.6. The van der Waals surface area contributed by atoms with Crippen molar-refractivity contribution < 1.29 is 0 Å². The molecule has 1 aromatic heterocycles. The molecule has 3 nitrogen and oxygen atoms in total. The van der Waals surface area contributed by atoms with Crippen LogP contribution in [0.4, 0.5) is 5.82 Å². The number of hydrogen-bond acceptors (Lipinski definition) is 4. The van der Waals surface area contributed by atoms with Crippen molar-refractivity contribution in [1.29, 1.82) is 0 Å². The molecular formula is C9H14ClN3S. The number of nitrogens with zero attached hydrogens (tertiary/aromatic N) is 2. The van der Waals surface area contributed by atoms with E-state index in [9.17, 15) is 0 Å². The molecule has 1 rings (SSSR count). The molecule has 0 radical (unpaired) electrons. The standard InChI is InChI=1S/C9H14ClN3S/c1-3-14-5-7(2)13-9-4-8(10)11-6-12-9/h4,6-7H,3,5H2,1-2H3,(H,11,12,13). The van der Waals surface area contributed by atoms with E-state index in [4.69, 9.17) is 11.6 Å². The van der Waals surface area contributed by atoms with Crippen molar-refractivity contribution in [1.82, 2.24) is 9.97 Å². The van der Waals surface area contributed by atoms with Gasteiger partial charge in [-0.15, -0.1) is 0 Å². The second-order valence-electron chi connectivity index (χ2n) is 2.93. The fourth-order valence-corrected chi connectivity index (χ4v) is 1.82. The lowest BCUT2D eigenvalue weighted by atomic mass is 10.4. The van der Waals surface area contributed by atoms with E-state index in [1.807, 2.05) is 11.8 Å². The van der Waals surface area contributed by atoms with Crippen LogP contribution in [0.3, 0.4) is 0 Å². The van der Waals surface area contributed by atoms with Crippen molar-refractivity contribution >= 4 is 29.2 Å². The second-order valence-corrected chi connectivity index (χ2v) is 4.64. The summed E-state index contributed by atoms with van der Waals surface area (Å²) >= 11 is 7.64. The average Bonchev–Trinajstić information content (AvgIpc) is 2.15. The predicted octanol–water partition coefficient (Wildman–Crippen LogP) is 2.68. The van der Waals surface area contributed by atoms with Gasteiger partial charge in [0.05, 0.1) is 0 Å². The van der Waals surface area contributed by atoms with Crippen molar-refractivity contribution in [3.63, 3.8) is 0 Å². The van der Waals surface area contributed by atoms with E-state index in [1.54, 1.807) is 6.07 Å². The molecule has 0 saturated heterocycles. The van der Waals surface area contributed by atoms with Gasteiger partial charge in [-0.3, -0.25) is 0 Å². The average molecular weight is 232 g/mol. The number of nitrogens with one attached hydrogen (secondary N) is 1. The fourth-order valence-electron chi connectivity index (χ4n) is 1.00. The Bertz CT molecular complexity index is 283. The number of aromatic nitrogens is 2. The zero-order valence-electron chi connectivity index (χ0n) is 8.33. The maximum absolute atomic E-state index is 5.74. The van der Waals surface area contributed by atoms with Crippen molar-refractivity contribution in [2.75, 3.05) is 16.8 Å². The molecular weight excluding hydrogens is 218 g/mol. The molecule has 0 fully saturated rings. The number of thioether (sulfide) groups is 1. The van der Waals surface area contributed by atoms with E-state index in [0.29, 0.717) is 11.2 Å². The highest BCUT2D eigenvalue weighted by molar-refractivity contribution is 7.99. The third-order valence-electron chi connectivity index (χ3n) is 1.60. The Hall–Kier alpha value is -0.480. The molecule has 1 aromatic rings. The number of rotatable bonds is 5.